The van der Waals surface area contributed by atoms with E-state index in [1.807, 2.05) is 12.1 Å². The van der Waals surface area contributed by atoms with E-state index in [1.165, 1.54) is 5.56 Å². The van der Waals surface area contributed by atoms with Gasteiger partial charge in [-0.05, 0) is 35.7 Å². The van der Waals surface area contributed by atoms with Crippen molar-refractivity contribution in [3.8, 4) is 0 Å². The SMILES string of the molecule is CCc1ccc(Cc2nnc(NC(=O)c3cc(Br)ccc3Cl)o2)cc1. The van der Waals surface area contributed by atoms with Gasteiger partial charge < -0.3 is 4.42 Å². The Balaban J connectivity index is 1.68. The summed E-state index contributed by atoms with van der Waals surface area (Å²) in [5.41, 5.74) is 2.66. The van der Waals surface area contributed by atoms with Gasteiger partial charge in [0.1, 0.15) is 0 Å². The third-order valence-corrected chi connectivity index (χ3v) is 4.47. The molecule has 0 bridgehead atoms. The number of carbonyl (C=O) groups is 1. The zero-order valence-corrected chi connectivity index (χ0v) is 15.8. The summed E-state index contributed by atoms with van der Waals surface area (Å²) >= 11 is 9.36. The van der Waals surface area contributed by atoms with Gasteiger partial charge in [-0.25, -0.2) is 0 Å². The van der Waals surface area contributed by atoms with Crippen LogP contribution in [0.25, 0.3) is 0 Å². The van der Waals surface area contributed by atoms with E-state index in [-0.39, 0.29) is 6.01 Å². The minimum absolute atomic E-state index is 0.0428. The molecule has 1 N–H and O–H groups in total. The smallest absolute Gasteiger partial charge is 0.322 e. The van der Waals surface area contributed by atoms with Gasteiger partial charge in [-0.1, -0.05) is 63.8 Å². The molecule has 0 aliphatic rings. The van der Waals surface area contributed by atoms with E-state index in [0.29, 0.717) is 22.9 Å². The first-order valence-corrected chi connectivity index (χ1v) is 8.89. The zero-order valence-electron chi connectivity index (χ0n) is 13.4. The van der Waals surface area contributed by atoms with Crippen LogP contribution in [0.3, 0.4) is 0 Å². The molecule has 1 heterocycles. The molecule has 128 valence electrons. The molecule has 0 saturated carbocycles. The fourth-order valence-corrected chi connectivity index (χ4v) is 2.84. The number of rotatable bonds is 5. The highest BCUT2D eigenvalue weighted by atomic mass is 79.9. The minimum Gasteiger partial charge on any atom is -0.407 e. The summed E-state index contributed by atoms with van der Waals surface area (Å²) < 4.78 is 6.25. The highest BCUT2D eigenvalue weighted by Crippen LogP contribution is 2.22. The number of amides is 1. The normalized spacial score (nSPS) is 10.7. The predicted molar refractivity (Wildman–Crippen MR) is 100 cm³/mol. The van der Waals surface area contributed by atoms with Gasteiger partial charge in [0.05, 0.1) is 17.0 Å². The Hall–Kier alpha value is -2.18. The number of nitrogens with zero attached hydrogens (tertiary/aromatic N) is 2. The fourth-order valence-electron chi connectivity index (χ4n) is 2.28. The third-order valence-electron chi connectivity index (χ3n) is 3.65. The Labute approximate surface area is 158 Å². The van der Waals surface area contributed by atoms with Crippen LogP contribution in [-0.4, -0.2) is 16.1 Å². The van der Waals surface area contributed by atoms with Crippen molar-refractivity contribution in [2.75, 3.05) is 5.32 Å². The zero-order chi connectivity index (χ0) is 17.8. The van der Waals surface area contributed by atoms with Crippen molar-refractivity contribution in [3.05, 3.63) is 74.5 Å². The van der Waals surface area contributed by atoms with Crippen molar-refractivity contribution in [2.24, 2.45) is 0 Å². The molecule has 3 aromatic rings. The maximum absolute atomic E-state index is 12.3. The lowest BCUT2D eigenvalue weighted by atomic mass is 10.1. The molecule has 0 unspecified atom stereocenters. The number of aryl methyl sites for hydroxylation is 1. The molecule has 0 aliphatic heterocycles. The number of aromatic nitrogens is 2. The second-order valence-corrected chi connectivity index (χ2v) is 6.75. The molecule has 7 heteroatoms. The topological polar surface area (TPSA) is 68.0 Å². The van der Waals surface area contributed by atoms with Crippen LogP contribution in [0.4, 0.5) is 6.01 Å². The Morgan fingerprint density at radius 1 is 1.16 bits per heavy atom. The molecule has 25 heavy (non-hydrogen) atoms. The van der Waals surface area contributed by atoms with Gasteiger partial charge in [0.2, 0.25) is 5.89 Å². The van der Waals surface area contributed by atoms with Crippen LogP contribution in [0.15, 0.2) is 51.4 Å². The molecule has 0 atom stereocenters. The summed E-state index contributed by atoms with van der Waals surface area (Å²) in [5, 5.41) is 10.7. The van der Waals surface area contributed by atoms with Crippen LogP contribution in [0.2, 0.25) is 5.02 Å². The van der Waals surface area contributed by atoms with Crippen molar-refractivity contribution in [1.29, 1.82) is 0 Å². The summed E-state index contributed by atoms with van der Waals surface area (Å²) in [7, 11) is 0. The summed E-state index contributed by atoms with van der Waals surface area (Å²) in [6.07, 6.45) is 1.50. The van der Waals surface area contributed by atoms with E-state index in [9.17, 15) is 4.79 Å². The first kappa shape index (κ1) is 17.6. The molecule has 0 saturated heterocycles. The standard InChI is InChI=1S/C18H15BrClN3O2/c1-2-11-3-5-12(6-4-11)9-16-22-23-18(25-16)21-17(24)14-10-13(19)7-8-15(14)20/h3-8,10H,2,9H2,1H3,(H,21,23,24). The summed E-state index contributed by atoms with van der Waals surface area (Å²) in [6.45, 7) is 2.11. The van der Waals surface area contributed by atoms with Crippen LogP contribution in [0.1, 0.15) is 34.3 Å². The average molecular weight is 421 g/mol. The minimum atomic E-state index is -0.409. The number of hydrogen-bond acceptors (Lipinski definition) is 4. The van der Waals surface area contributed by atoms with E-state index >= 15 is 0 Å². The van der Waals surface area contributed by atoms with Gasteiger partial charge in [0.25, 0.3) is 5.91 Å². The first-order chi connectivity index (χ1) is 12.0. The molecule has 0 fully saturated rings. The van der Waals surface area contributed by atoms with Gasteiger partial charge in [-0.15, -0.1) is 5.10 Å². The van der Waals surface area contributed by atoms with Crippen molar-refractivity contribution in [2.45, 2.75) is 19.8 Å². The molecule has 5 nitrogen and oxygen atoms in total. The van der Waals surface area contributed by atoms with Crippen molar-refractivity contribution in [1.82, 2.24) is 10.2 Å². The van der Waals surface area contributed by atoms with Crippen molar-refractivity contribution < 1.29 is 9.21 Å². The number of halogens is 2. The molecular weight excluding hydrogens is 406 g/mol. The highest BCUT2D eigenvalue weighted by molar-refractivity contribution is 9.10. The molecule has 1 aromatic heterocycles. The van der Waals surface area contributed by atoms with E-state index in [2.05, 4.69) is 50.5 Å². The lowest BCUT2D eigenvalue weighted by Crippen LogP contribution is -2.12. The van der Waals surface area contributed by atoms with E-state index in [4.69, 9.17) is 16.0 Å². The van der Waals surface area contributed by atoms with Crippen LogP contribution in [0.5, 0.6) is 0 Å². The Kier molecular flexibility index (Phi) is 5.50. The number of anilines is 1. The Morgan fingerprint density at radius 3 is 2.60 bits per heavy atom. The van der Waals surface area contributed by atoms with Gasteiger partial charge in [0.15, 0.2) is 0 Å². The lowest BCUT2D eigenvalue weighted by Gasteiger charge is -2.03. The molecule has 0 radical (unpaired) electrons. The maximum atomic E-state index is 12.3. The van der Waals surface area contributed by atoms with Gasteiger partial charge in [-0.2, -0.15) is 0 Å². The van der Waals surface area contributed by atoms with Crippen LogP contribution >= 0.6 is 27.5 Å². The maximum Gasteiger partial charge on any atom is 0.322 e. The van der Waals surface area contributed by atoms with Crippen LogP contribution in [0, 0.1) is 0 Å². The molecule has 3 rings (SSSR count). The molecular formula is C18H15BrClN3O2. The molecule has 0 spiro atoms. The second-order valence-electron chi connectivity index (χ2n) is 5.43. The summed E-state index contributed by atoms with van der Waals surface area (Å²) in [6, 6.07) is 13.3. The van der Waals surface area contributed by atoms with Gasteiger partial charge in [0, 0.05) is 4.47 Å². The molecule has 1 amide bonds. The predicted octanol–water partition coefficient (Wildman–Crippen LogP) is 4.89. The van der Waals surface area contributed by atoms with E-state index in [1.54, 1.807) is 18.2 Å². The van der Waals surface area contributed by atoms with Crippen molar-refractivity contribution >= 4 is 39.5 Å². The third kappa shape index (κ3) is 4.46. The highest BCUT2D eigenvalue weighted by Gasteiger charge is 2.15. The van der Waals surface area contributed by atoms with Crippen molar-refractivity contribution in [3.63, 3.8) is 0 Å². The first-order valence-electron chi connectivity index (χ1n) is 7.71. The van der Waals surface area contributed by atoms with E-state index in [0.717, 1.165) is 16.5 Å². The fraction of sp³-hybridized carbons (Fsp3) is 0.167. The summed E-state index contributed by atoms with van der Waals surface area (Å²) in [4.78, 5) is 12.3. The number of hydrogen-bond donors (Lipinski definition) is 1. The molecule has 2 aromatic carbocycles. The second kappa shape index (κ2) is 7.80. The van der Waals surface area contributed by atoms with Gasteiger partial charge in [-0.3, -0.25) is 10.1 Å². The average Bonchev–Trinajstić information content (AvgIpc) is 3.04. The number of carbonyl (C=O) groups excluding carboxylic acids is 1. The van der Waals surface area contributed by atoms with E-state index < -0.39 is 5.91 Å². The number of benzene rings is 2. The Bertz CT molecular complexity index is 894. The lowest BCUT2D eigenvalue weighted by molar-refractivity contribution is 0.102. The summed E-state index contributed by atoms with van der Waals surface area (Å²) in [5.74, 6) is 0.0219. The van der Waals surface area contributed by atoms with Gasteiger partial charge >= 0.3 is 6.01 Å². The van der Waals surface area contributed by atoms with Crippen LogP contribution < -0.4 is 5.32 Å². The monoisotopic (exact) mass is 419 g/mol. The Morgan fingerprint density at radius 2 is 1.88 bits per heavy atom. The van der Waals surface area contributed by atoms with Crippen LogP contribution in [-0.2, 0) is 12.8 Å². The molecule has 0 aliphatic carbocycles. The largest absolute Gasteiger partial charge is 0.407 e. The number of nitrogens with one attached hydrogen (secondary N) is 1. The quantitative estimate of drug-likeness (QED) is 0.638.